The predicted molar refractivity (Wildman–Crippen MR) is 155 cm³/mol. The summed E-state index contributed by atoms with van der Waals surface area (Å²) >= 11 is 6.41. The van der Waals surface area contributed by atoms with Crippen LogP contribution in [0.5, 0.6) is 0 Å². The van der Waals surface area contributed by atoms with Crippen LogP contribution in [0.15, 0.2) is 40.3 Å². The quantitative estimate of drug-likeness (QED) is 0.239. The molecule has 1 atom stereocenters. The number of halogens is 2. The van der Waals surface area contributed by atoms with Crippen molar-refractivity contribution in [3.8, 4) is 10.6 Å². The van der Waals surface area contributed by atoms with Crippen molar-refractivity contribution >= 4 is 66.5 Å². The molecule has 39 heavy (non-hydrogen) atoms. The molecule has 0 radical (unpaired) electrons. The van der Waals surface area contributed by atoms with Gasteiger partial charge in [-0.1, -0.05) is 17.4 Å². The number of aromatic nitrogens is 3. The van der Waals surface area contributed by atoms with Gasteiger partial charge in [-0.2, -0.15) is 0 Å². The third-order valence-corrected chi connectivity index (χ3v) is 8.72. The van der Waals surface area contributed by atoms with Gasteiger partial charge in [0.2, 0.25) is 0 Å². The Morgan fingerprint density at radius 1 is 1.18 bits per heavy atom. The third kappa shape index (κ3) is 5.97. The summed E-state index contributed by atoms with van der Waals surface area (Å²) in [5, 5.41) is 10.2. The number of piperidine rings is 1. The van der Waals surface area contributed by atoms with E-state index in [0.29, 0.717) is 35.8 Å². The van der Waals surface area contributed by atoms with Gasteiger partial charge in [0.05, 0.1) is 15.4 Å². The van der Waals surface area contributed by atoms with Crippen molar-refractivity contribution in [3.05, 3.63) is 56.7 Å². The van der Waals surface area contributed by atoms with Crippen LogP contribution in [0.3, 0.4) is 0 Å². The van der Waals surface area contributed by atoms with Gasteiger partial charge in [-0.05, 0) is 80.7 Å². The van der Waals surface area contributed by atoms with E-state index in [4.69, 9.17) is 4.74 Å². The zero-order valence-electron chi connectivity index (χ0n) is 21.9. The Bertz CT molecular complexity index is 1550. The van der Waals surface area contributed by atoms with Crippen LogP contribution in [0.4, 0.5) is 15.0 Å². The molecule has 1 aliphatic heterocycles. The molecule has 1 aliphatic rings. The summed E-state index contributed by atoms with van der Waals surface area (Å²) in [5.41, 5.74) is -0.175. The Morgan fingerprint density at radius 3 is 2.67 bits per heavy atom. The SMILES string of the molecule is Cc1nnc(-c2ccc(C(=O)N(c3nccc4sc(Br)cc34)[C@@H]3CCCN(C(=O)OC(C)(C)C)C3)c(F)c2)s1. The molecule has 3 aromatic heterocycles. The second kappa shape index (κ2) is 10.9. The largest absolute Gasteiger partial charge is 0.444 e. The zero-order valence-corrected chi connectivity index (χ0v) is 25.1. The second-order valence-electron chi connectivity index (χ2n) is 10.3. The molecule has 0 aliphatic carbocycles. The number of nitrogens with zero attached hydrogens (tertiary/aromatic N) is 5. The number of ether oxygens (including phenoxy) is 1. The van der Waals surface area contributed by atoms with Crippen LogP contribution in [-0.4, -0.2) is 56.8 Å². The highest BCUT2D eigenvalue weighted by atomic mass is 79.9. The van der Waals surface area contributed by atoms with Crippen LogP contribution in [-0.2, 0) is 4.74 Å². The summed E-state index contributed by atoms with van der Waals surface area (Å²) in [6.07, 6.45) is 2.49. The van der Waals surface area contributed by atoms with Gasteiger partial charge in [0, 0.05) is 34.9 Å². The van der Waals surface area contributed by atoms with E-state index in [1.807, 2.05) is 39.8 Å². The van der Waals surface area contributed by atoms with E-state index in [9.17, 15) is 9.59 Å². The summed E-state index contributed by atoms with van der Waals surface area (Å²) in [4.78, 5) is 34.8. The highest BCUT2D eigenvalue weighted by Crippen LogP contribution is 2.37. The van der Waals surface area contributed by atoms with E-state index < -0.39 is 29.5 Å². The molecule has 0 N–H and O–H groups in total. The zero-order chi connectivity index (χ0) is 27.9. The molecule has 0 bridgehead atoms. The van der Waals surface area contributed by atoms with E-state index in [1.54, 1.807) is 22.1 Å². The number of hydrogen-bond acceptors (Lipinski definition) is 8. The molecule has 2 amide bonds. The highest BCUT2D eigenvalue weighted by Gasteiger charge is 2.36. The van der Waals surface area contributed by atoms with Crippen LogP contribution < -0.4 is 4.90 Å². The average Bonchev–Trinajstić information content (AvgIpc) is 3.48. The van der Waals surface area contributed by atoms with E-state index in [0.717, 1.165) is 18.9 Å². The number of fused-ring (bicyclic) bond motifs is 1. The highest BCUT2D eigenvalue weighted by molar-refractivity contribution is 9.11. The molecule has 4 heterocycles. The molecule has 4 aromatic rings. The number of anilines is 1. The minimum Gasteiger partial charge on any atom is -0.444 e. The number of aryl methyl sites for hydroxylation is 1. The lowest BCUT2D eigenvalue weighted by Gasteiger charge is -2.39. The normalized spacial score (nSPS) is 15.9. The predicted octanol–water partition coefficient (Wildman–Crippen LogP) is 7.07. The van der Waals surface area contributed by atoms with Gasteiger partial charge in [0.15, 0.2) is 0 Å². The maximum absolute atomic E-state index is 15.5. The van der Waals surface area contributed by atoms with Gasteiger partial charge in [-0.25, -0.2) is 14.2 Å². The van der Waals surface area contributed by atoms with Crippen LogP contribution in [0.25, 0.3) is 20.7 Å². The first-order chi connectivity index (χ1) is 18.5. The number of carbonyl (C=O) groups excluding carboxylic acids is 2. The molecule has 0 unspecified atom stereocenters. The van der Waals surface area contributed by atoms with Crippen molar-refractivity contribution in [1.82, 2.24) is 20.1 Å². The molecule has 1 saturated heterocycles. The number of amides is 2. The van der Waals surface area contributed by atoms with E-state index in [2.05, 4.69) is 31.1 Å². The fourth-order valence-corrected chi connectivity index (χ4v) is 6.78. The number of hydrogen-bond donors (Lipinski definition) is 0. The molecule has 12 heteroatoms. The number of rotatable bonds is 4. The van der Waals surface area contributed by atoms with E-state index >= 15 is 4.39 Å². The first-order valence-corrected chi connectivity index (χ1v) is 14.9. The molecule has 1 fully saturated rings. The molecular weight excluding hydrogens is 605 g/mol. The number of thiophene rings is 1. The Balaban J connectivity index is 1.54. The minimum absolute atomic E-state index is 0.0810. The second-order valence-corrected chi connectivity index (χ2v) is 14.0. The molecule has 0 saturated carbocycles. The minimum atomic E-state index is -0.658. The fraction of sp³-hybridized carbons (Fsp3) is 0.370. The fourth-order valence-electron chi connectivity index (χ4n) is 4.57. The summed E-state index contributed by atoms with van der Waals surface area (Å²) in [6.45, 7) is 8.03. The van der Waals surface area contributed by atoms with Crippen LogP contribution >= 0.6 is 38.6 Å². The molecule has 0 spiro atoms. The Morgan fingerprint density at radius 2 is 1.97 bits per heavy atom. The van der Waals surface area contributed by atoms with Crippen molar-refractivity contribution in [1.29, 1.82) is 0 Å². The Labute approximate surface area is 241 Å². The molecule has 8 nitrogen and oxygen atoms in total. The van der Waals surface area contributed by atoms with Crippen molar-refractivity contribution < 1.29 is 18.7 Å². The number of carbonyl (C=O) groups is 2. The van der Waals surface area contributed by atoms with Gasteiger partial charge >= 0.3 is 6.09 Å². The lowest BCUT2D eigenvalue weighted by atomic mass is 10.0. The first-order valence-electron chi connectivity index (χ1n) is 12.5. The topological polar surface area (TPSA) is 88.5 Å². The molecule has 204 valence electrons. The van der Waals surface area contributed by atoms with E-state index in [1.165, 1.54) is 34.8 Å². The average molecular weight is 633 g/mol. The number of pyridine rings is 1. The van der Waals surface area contributed by atoms with Crippen LogP contribution in [0.2, 0.25) is 0 Å². The smallest absolute Gasteiger partial charge is 0.410 e. The van der Waals surface area contributed by atoms with Crippen molar-refractivity contribution in [2.75, 3.05) is 18.0 Å². The van der Waals surface area contributed by atoms with Crippen LogP contribution in [0.1, 0.15) is 49.0 Å². The summed E-state index contributed by atoms with van der Waals surface area (Å²) in [6, 6.07) is 7.83. The molecular formula is C27H27BrFN5O3S2. The van der Waals surface area contributed by atoms with Gasteiger partial charge in [0.25, 0.3) is 5.91 Å². The standard InChI is InChI=1S/C27H27BrFN5O3S2/c1-15-31-32-24(38-15)16-7-8-18(20(29)12-16)25(35)34(23-19-13-22(28)39-21(19)9-10-30-23)17-6-5-11-33(14-17)26(36)37-27(2,3)4/h7-10,12-13,17H,5-6,11,14H2,1-4H3/t17-/m1/s1. The van der Waals surface area contributed by atoms with Crippen molar-refractivity contribution in [3.63, 3.8) is 0 Å². The van der Waals surface area contributed by atoms with E-state index in [-0.39, 0.29) is 12.1 Å². The Kier molecular flexibility index (Phi) is 7.71. The maximum atomic E-state index is 15.5. The monoisotopic (exact) mass is 631 g/mol. The molecule has 5 rings (SSSR count). The summed E-state index contributed by atoms with van der Waals surface area (Å²) in [7, 11) is 0. The summed E-state index contributed by atoms with van der Waals surface area (Å²) < 4.78 is 23.0. The Hall–Kier alpha value is -2.96. The van der Waals surface area contributed by atoms with Crippen LogP contribution in [0, 0.1) is 12.7 Å². The van der Waals surface area contributed by atoms with Gasteiger partial charge in [-0.15, -0.1) is 21.5 Å². The third-order valence-electron chi connectivity index (χ3n) is 6.23. The van der Waals surface area contributed by atoms with Gasteiger partial charge in [-0.3, -0.25) is 9.69 Å². The summed E-state index contributed by atoms with van der Waals surface area (Å²) in [5.74, 6) is -0.751. The van der Waals surface area contributed by atoms with Crippen molar-refractivity contribution in [2.45, 2.75) is 52.2 Å². The molecule has 1 aromatic carbocycles. The maximum Gasteiger partial charge on any atom is 0.410 e. The number of likely N-dealkylation sites (tertiary alicyclic amines) is 1. The van der Waals surface area contributed by atoms with Crippen molar-refractivity contribution in [2.24, 2.45) is 0 Å². The lowest BCUT2D eigenvalue weighted by Crippen LogP contribution is -2.53. The lowest BCUT2D eigenvalue weighted by molar-refractivity contribution is 0.0196. The van der Waals surface area contributed by atoms with Gasteiger partial charge < -0.3 is 9.64 Å². The first kappa shape index (κ1) is 27.6. The number of benzene rings is 1. The van der Waals surface area contributed by atoms with Gasteiger partial charge in [0.1, 0.15) is 27.3 Å².